The molecule has 1 unspecified atom stereocenters. The number of benzene rings is 2. The van der Waals surface area contributed by atoms with Crippen molar-refractivity contribution in [2.24, 2.45) is 0 Å². The molecule has 0 radical (unpaired) electrons. The molecule has 1 fully saturated rings. The van der Waals surface area contributed by atoms with Crippen LogP contribution in [0.25, 0.3) is 0 Å². The number of fused-ring (bicyclic) bond motifs is 1. The largest absolute Gasteiger partial charge is 0.454 e. The van der Waals surface area contributed by atoms with E-state index in [0.29, 0.717) is 30.2 Å². The molecule has 144 valence electrons. The number of rotatable bonds is 5. The first-order valence-corrected chi connectivity index (χ1v) is 8.87. The summed E-state index contributed by atoms with van der Waals surface area (Å²) in [6.45, 7) is 1.57. The van der Waals surface area contributed by atoms with Gasteiger partial charge in [0.2, 0.25) is 12.7 Å². The van der Waals surface area contributed by atoms with Crippen molar-refractivity contribution < 1.29 is 18.7 Å². The maximum Gasteiger partial charge on any atom is 0.231 e. The number of amides is 1. The number of nitrogens with zero attached hydrogens (tertiary/aromatic N) is 1. The number of carbonyl (C=O) groups is 1. The first-order valence-electron chi connectivity index (χ1n) is 8.87. The zero-order valence-electron chi connectivity index (χ0n) is 14.8. The fourth-order valence-corrected chi connectivity index (χ4v) is 3.42. The molecule has 7 heteroatoms. The molecule has 0 bridgehead atoms. The van der Waals surface area contributed by atoms with Crippen LogP contribution in [0.4, 0.5) is 10.1 Å². The van der Waals surface area contributed by atoms with E-state index in [0.717, 1.165) is 24.9 Å². The third-order valence-electron chi connectivity index (χ3n) is 4.80. The second-order valence-electron chi connectivity index (χ2n) is 6.64. The molecular formula is C20H22ClFN2O3. The van der Waals surface area contributed by atoms with Crippen molar-refractivity contribution in [3.8, 4) is 11.5 Å². The molecule has 0 aromatic heterocycles. The first kappa shape index (κ1) is 19.5. The maximum atomic E-state index is 13.3. The number of ether oxygens (including phenoxy) is 2. The Morgan fingerprint density at radius 1 is 1.15 bits per heavy atom. The number of hydrogen-bond acceptors (Lipinski definition) is 4. The number of nitrogens with one attached hydrogen (secondary N) is 1. The number of halogens is 2. The minimum Gasteiger partial charge on any atom is -0.454 e. The summed E-state index contributed by atoms with van der Waals surface area (Å²) in [5, 5.41) is 3.36. The van der Waals surface area contributed by atoms with Crippen molar-refractivity contribution in [2.75, 3.05) is 18.2 Å². The Balaban J connectivity index is 0.00000210. The van der Waals surface area contributed by atoms with Crippen LogP contribution < -0.4 is 19.7 Å². The van der Waals surface area contributed by atoms with Crippen molar-refractivity contribution >= 4 is 24.0 Å². The molecule has 5 nitrogen and oxygen atoms in total. The van der Waals surface area contributed by atoms with Crippen molar-refractivity contribution in [3.05, 3.63) is 53.8 Å². The quantitative estimate of drug-likeness (QED) is 0.843. The Morgan fingerprint density at radius 3 is 2.67 bits per heavy atom. The Kier molecular flexibility index (Phi) is 6.19. The Morgan fingerprint density at radius 2 is 1.93 bits per heavy atom. The molecule has 4 rings (SSSR count). The lowest BCUT2D eigenvalue weighted by atomic mass is 10.1. The molecule has 27 heavy (non-hydrogen) atoms. The maximum absolute atomic E-state index is 13.3. The van der Waals surface area contributed by atoms with E-state index in [1.165, 1.54) is 12.1 Å². The molecule has 1 N–H and O–H groups in total. The van der Waals surface area contributed by atoms with Crippen LogP contribution in [0.5, 0.6) is 11.5 Å². The third kappa shape index (κ3) is 4.51. The van der Waals surface area contributed by atoms with Gasteiger partial charge in [-0.1, -0.05) is 6.07 Å². The Labute approximate surface area is 163 Å². The van der Waals surface area contributed by atoms with Crippen molar-refractivity contribution in [1.82, 2.24) is 5.32 Å². The van der Waals surface area contributed by atoms with Gasteiger partial charge >= 0.3 is 0 Å². The summed E-state index contributed by atoms with van der Waals surface area (Å²) >= 11 is 0. The lowest BCUT2D eigenvalue weighted by Gasteiger charge is -2.25. The highest BCUT2D eigenvalue weighted by Gasteiger charge is 2.24. The molecule has 1 atom stereocenters. The molecule has 2 heterocycles. The van der Waals surface area contributed by atoms with Gasteiger partial charge in [-0.3, -0.25) is 4.79 Å². The van der Waals surface area contributed by atoms with Crippen LogP contribution in [-0.2, 0) is 11.3 Å². The van der Waals surface area contributed by atoms with Gasteiger partial charge in [-0.15, -0.1) is 12.4 Å². The Bertz CT molecular complexity index is 794. The van der Waals surface area contributed by atoms with Crippen molar-refractivity contribution in [3.63, 3.8) is 0 Å². The average molecular weight is 393 g/mol. The predicted octanol–water partition coefficient (Wildman–Crippen LogP) is 3.65. The monoisotopic (exact) mass is 392 g/mol. The van der Waals surface area contributed by atoms with Gasteiger partial charge < -0.3 is 19.7 Å². The third-order valence-corrected chi connectivity index (χ3v) is 4.80. The van der Waals surface area contributed by atoms with Gasteiger partial charge in [0.25, 0.3) is 0 Å². The van der Waals surface area contributed by atoms with Crippen LogP contribution in [-0.4, -0.2) is 25.3 Å². The highest BCUT2D eigenvalue weighted by atomic mass is 35.5. The van der Waals surface area contributed by atoms with Crippen LogP contribution in [0.2, 0.25) is 0 Å². The van der Waals surface area contributed by atoms with E-state index in [9.17, 15) is 9.18 Å². The summed E-state index contributed by atoms with van der Waals surface area (Å²) in [5.74, 6) is 1.10. The van der Waals surface area contributed by atoms with E-state index in [-0.39, 0.29) is 37.0 Å². The van der Waals surface area contributed by atoms with E-state index in [1.807, 2.05) is 18.2 Å². The smallest absolute Gasteiger partial charge is 0.231 e. The summed E-state index contributed by atoms with van der Waals surface area (Å²) in [6.07, 6.45) is 2.53. The van der Waals surface area contributed by atoms with E-state index in [4.69, 9.17) is 9.47 Å². The molecule has 1 amide bonds. The highest BCUT2D eigenvalue weighted by Crippen LogP contribution is 2.33. The van der Waals surface area contributed by atoms with Gasteiger partial charge in [-0.25, -0.2) is 4.39 Å². The summed E-state index contributed by atoms with van der Waals surface area (Å²) in [7, 11) is 0. The van der Waals surface area contributed by atoms with E-state index >= 15 is 0 Å². The number of hydrogen-bond donors (Lipinski definition) is 1. The molecule has 2 aromatic carbocycles. The predicted molar refractivity (Wildman–Crippen MR) is 103 cm³/mol. The zero-order chi connectivity index (χ0) is 17.9. The van der Waals surface area contributed by atoms with Gasteiger partial charge in [0.1, 0.15) is 5.82 Å². The van der Waals surface area contributed by atoms with Gasteiger partial charge in [-0.05, 0) is 61.3 Å². The second-order valence-corrected chi connectivity index (χ2v) is 6.64. The minimum atomic E-state index is -0.318. The van der Waals surface area contributed by atoms with Crippen LogP contribution in [0, 0.1) is 5.82 Å². The fraction of sp³-hybridized carbons (Fsp3) is 0.350. The summed E-state index contributed by atoms with van der Waals surface area (Å²) in [6, 6.07) is 11.9. The lowest BCUT2D eigenvalue weighted by molar-refractivity contribution is -0.119. The summed E-state index contributed by atoms with van der Waals surface area (Å²) in [5.41, 5.74) is 1.62. The molecule has 2 aliphatic heterocycles. The Hall–Kier alpha value is -2.31. The van der Waals surface area contributed by atoms with Gasteiger partial charge in [0.05, 0.1) is 6.54 Å². The van der Waals surface area contributed by atoms with Crippen LogP contribution in [0.3, 0.4) is 0 Å². The van der Waals surface area contributed by atoms with Crippen molar-refractivity contribution in [1.29, 1.82) is 0 Å². The number of anilines is 1. The molecular weight excluding hydrogens is 371 g/mol. The van der Waals surface area contributed by atoms with E-state index in [1.54, 1.807) is 17.0 Å². The van der Waals surface area contributed by atoms with Crippen LogP contribution in [0.15, 0.2) is 42.5 Å². The van der Waals surface area contributed by atoms with Gasteiger partial charge in [0.15, 0.2) is 11.5 Å². The zero-order valence-corrected chi connectivity index (χ0v) is 15.6. The van der Waals surface area contributed by atoms with Crippen molar-refractivity contribution in [2.45, 2.75) is 31.8 Å². The minimum absolute atomic E-state index is 0. The molecule has 2 aliphatic rings. The standard InChI is InChI=1S/C20H21FN2O3.ClH/c21-15-4-6-17(7-5-15)23(20(24)11-16-2-1-9-22-16)12-14-3-8-18-19(10-14)26-13-25-18;/h3-8,10,16,22H,1-2,9,11-13H2;1H. The van der Waals surface area contributed by atoms with Crippen LogP contribution in [0.1, 0.15) is 24.8 Å². The van der Waals surface area contributed by atoms with Gasteiger partial charge in [0, 0.05) is 18.2 Å². The highest BCUT2D eigenvalue weighted by molar-refractivity contribution is 5.93. The fourth-order valence-electron chi connectivity index (χ4n) is 3.42. The SMILES string of the molecule is Cl.O=C(CC1CCCN1)N(Cc1ccc2c(c1)OCO2)c1ccc(F)cc1. The molecule has 0 spiro atoms. The van der Waals surface area contributed by atoms with Crippen LogP contribution >= 0.6 is 12.4 Å². The van der Waals surface area contributed by atoms with E-state index < -0.39 is 0 Å². The molecule has 0 saturated carbocycles. The second kappa shape index (κ2) is 8.59. The molecule has 1 saturated heterocycles. The van der Waals surface area contributed by atoms with E-state index in [2.05, 4.69) is 5.32 Å². The summed E-state index contributed by atoms with van der Waals surface area (Å²) < 4.78 is 24.1. The molecule has 0 aliphatic carbocycles. The normalized spacial score (nSPS) is 17.4. The number of carbonyl (C=O) groups excluding carboxylic acids is 1. The molecule has 2 aromatic rings. The first-order chi connectivity index (χ1) is 12.7. The average Bonchev–Trinajstić information content (AvgIpc) is 3.31. The summed E-state index contributed by atoms with van der Waals surface area (Å²) in [4.78, 5) is 14.7. The van der Waals surface area contributed by atoms with Gasteiger partial charge in [-0.2, -0.15) is 0 Å². The lowest BCUT2D eigenvalue weighted by Crippen LogP contribution is -2.35. The topological polar surface area (TPSA) is 50.8 Å².